The lowest BCUT2D eigenvalue weighted by atomic mass is 9.79. The molecule has 2 aliphatic carbocycles. The van der Waals surface area contributed by atoms with E-state index in [-0.39, 0.29) is 47.6 Å². The maximum absolute atomic E-state index is 12.9. The van der Waals surface area contributed by atoms with Crippen LogP contribution in [-0.4, -0.2) is 23.9 Å². The number of hydrogen-bond acceptors (Lipinski definition) is 4. The molecule has 3 aliphatic rings. The Morgan fingerprint density at radius 1 is 1.03 bits per heavy atom. The Balaban J connectivity index is 1.25. The van der Waals surface area contributed by atoms with Gasteiger partial charge in [-0.05, 0) is 61.1 Å². The van der Waals surface area contributed by atoms with Crippen LogP contribution in [0.3, 0.4) is 0 Å². The average molecular weight is 404 g/mol. The SMILES string of the molecule is CCc1ccccc1NC(=O)c1ccc(NC(=O)[C@@H]2[C@@H]3C[C@@H]4[C@H]2C(=O)O[C@@H]4C3)cc1. The lowest BCUT2D eigenvalue weighted by molar-refractivity contribution is -0.145. The summed E-state index contributed by atoms with van der Waals surface area (Å²) in [5, 5.41) is 5.87. The van der Waals surface area contributed by atoms with Crippen molar-refractivity contribution in [3.8, 4) is 0 Å². The van der Waals surface area contributed by atoms with Crippen LogP contribution in [0, 0.1) is 23.7 Å². The predicted octanol–water partition coefficient (Wildman–Crippen LogP) is 3.64. The quantitative estimate of drug-likeness (QED) is 0.745. The van der Waals surface area contributed by atoms with Crippen molar-refractivity contribution in [3.63, 3.8) is 0 Å². The molecule has 1 heterocycles. The van der Waals surface area contributed by atoms with Gasteiger partial charge in [-0.25, -0.2) is 0 Å². The van der Waals surface area contributed by atoms with Crippen LogP contribution in [0.15, 0.2) is 48.5 Å². The number of carbonyl (C=O) groups is 3. The molecular weight excluding hydrogens is 380 g/mol. The first-order valence-corrected chi connectivity index (χ1v) is 10.6. The molecule has 154 valence electrons. The molecule has 5 atom stereocenters. The predicted molar refractivity (Wildman–Crippen MR) is 112 cm³/mol. The first-order valence-electron chi connectivity index (χ1n) is 10.6. The highest BCUT2D eigenvalue weighted by molar-refractivity contribution is 6.05. The van der Waals surface area contributed by atoms with Gasteiger partial charge < -0.3 is 15.4 Å². The first kappa shape index (κ1) is 18.9. The fourth-order valence-electron chi connectivity index (χ4n) is 5.44. The molecule has 1 saturated heterocycles. The summed E-state index contributed by atoms with van der Waals surface area (Å²) in [6.07, 6.45) is 2.55. The van der Waals surface area contributed by atoms with E-state index in [4.69, 9.17) is 4.74 Å². The summed E-state index contributed by atoms with van der Waals surface area (Å²) in [6.45, 7) is 2.05. The minimum Gasteiger partial charge on any atom is -0.462 e. The summed E-state index contributed by atoms with van der Waals surface area (Å²) in [6, 6.07) is 14.6. The van der Waals surface area contributed by atoms with E-state index in [1.807, 2.05) is 31.2 Å². The number of amides is 2. The van der Waals surface area contributed by atoms with Crippen molar-refractivity contribution in [1.82, 2.24) is 0 Å². The van der Waals surface area contributed by atoms with Crippen molar-refractivity contribution in [3.05, 3.63) is 59.7 Å². The maximum Gasteiger partial charge on any atom is 0.310 e. The number of aryl methyl sites for hydroxylation is 1. The van der Waals surface area contributed by atoms with Crippen LogP contribution in [0.25, 0.3) is 0 Å². The summed E-state index contributed by atoms with van der Waals surface area (Å²) in [7, 11) is 0. The van der Waals surface area contributed by atoms with Crippen molar-refractivity contribution in [2.75, 3.05) is 10.6 Å². The van der Waals surface area contributed by atoms with Crippen LogP contribution >= 0.6 is 0 Å². The Kier molecular flexibility index (Phi) is 4.57. The van der Waals surface area contributed by atoms with Gasteiger partial charge in [0.1, 0.15) is 6.10 Å². The van der Waals surface area contributed by atoms with Gasteiger partial charge in [0.05, 0.1) is 11.8 Å². The van der Waals surface area contributed by atoms with Crippen LogP contribution in [-0.2, 0) is 20.7 Å². The fraction of sp³-hybridized carbons (Fsp3) is 0.375. The van der Waals surface area contributed by atoms with Gasteiger partial charge in [-0.2, -0.15) is 0 Å². The third-order valence-corrected chi connectivity index (χ3v) is 6.85. The molecule has 3 fully saturated rings. The van der Waals surface area contributed by atoms with Gasteiger partial charge in [0, 0.05) is 22.9 Å². The van der Waals surface area contributed by atoms with E-state index < -0.39 is 0 Å². The lowest BCUT2D eigenvalue weighted by Crippen LogP contribution is -2.35. The van der Waals surface area contributed by atoms with Crippen LogP contribution in [0.4, 0.5) is 11.4 Å². The van der Waals surface area contributed by atoms with Gasteiger partial charge in [0.2, 0.25) is 5.91 Å². The molecule has 1 aliphatic heterocycles. The highest BCUT2D eigenvalue weighted by Gasteiger charge is 2.63. The number of esters is 1. The van der Waals surface area contributed by atoms with Gasteiger partial charge in [-0.1, -0.05) is 25.1 Å². The molecule has 0 unspecified atom stereocenters. The number of carbonyl (C=O) groups excluding carboxylic acids is 3. The monoisotopic (exact) mass is 404 g/mol. The summed E-state index contributed by atoms with van der Waals surface area (Å²) in [5.74, 6) is -0.715. The summed E-state index contributed by atoms with van der Waals surface area (Å²) in [5.41, 5.74) is 3.02. The Labute approximate surface area is 175 Å². The third kappa shape index (κ3) is 3.07. The zero-order valence-electron chi connectivity index (χ0n) is 16.8. The van der Waals surface area contributed by atoms with Gasteiger partial charge in [-0.3, -0.25) is 14.4 Å². The number of para-hydroxylation sites is 1. The number of rotatable bonds is 5. The highest BCUT2D eigenvalue weighted by Crippen LogP contribution is 2.57. The van der Waals surface area contributed by atoms with Crippen molar-refractivity contribution >= 4 is 29.2 Å². The third-order valence-electron chi connectivity index (χ3n) is 6.85. The van der Waals surface area contributed by atoms with Crippen LogP contribution in [0.5, 0.6) is 0 Å². The Bertz CT molecular complexity index is 1010. The number of anilines is 2. The summed E-state index contributed by atoms with van der Waals surface area (Å²) in [4.78, 5) is 37.6. The topological polar surface area (TPSA) is 84.5 Å². The van der Waals surface area contributed by atoms with E-state index in [2.05, 4.69) is 10.6 Å². The van der Waals surface area contributed by atoms with Gasteiger partial charge in [0.25, 0.3) is 5.91 Å². The molecule has 2 aromatic rings. The molecule has 0 radical (unpaired) electrons. The standard InChI is InChI=1S/C24H24N2O4/c1-2-13-5-3-4-6-18(13)26-22(27)14-7-9-16(10-8-14)25-23(28)20-15-11-17-19(12-15)30-24(29)21(17)20/h3-10,15,17,19-21H,2,11-12H2,1H3,(H,25,28)(H,26,27)/t15-,17+,19-,20-,21-/m1/s1. The lowest BCUT2D eigenvalue weighted by Gasteiger charge is -2.23. The Morgan fingerprint density at radius 2 is 1.80 bits per heavy atom. The maximum atomic E-state index is 12.9. The Morgan fingerprint density at radius 3 is 2.57 bits per heavy atom. The van der Waals surface area contributed by atoms with Gasteiger partial charge in [0.15, 0.2) is 0 Å². The second-order valence-electron chi connectivity index (χ2n) is 8.45. The van der Waals surface area contributed by atoms with Crippen LogP contribution in [0.1, 0.15) is 35.7 Å². The van der Waals surface area contributed by atoms with Crippen LogP contribution < -0.4 is 10.6 Å². The van der Waals surface area contributed by atoms with E-state index >= 15 is 0 Å². The number of fused-ring (bicyclic) bond motifs is 1. The van der Waals surface area contributed by atoms with Crippen LogP contribution in [0.2, 0.25) is 0 Å². The molecule has 2 saturated carbocycles. The molecule has 2 N–H and O–H groups in total. The molecule has 0 aromatic heterocycles. The van der Waals surface area contributed by atoms with Gasteiger partial charge >= 0.3 is 5.97 Å². The average Bonchev–Trinajstić information content (AvgIpc) is 3.37. The molecule has 2 aromatic carbocycles. The molecule has 30 heavy (non-hydrogen) atoms. The highest BCUT2D eigenvalue weighted by atomic mass is 16.6. The second-order valence-corrected chi connectivity index (χ2v) is 8.45. The molecule has 2 amide bonds. The minimum absolute atomic E-state index is 0.0205. The number of ether oxygens (including phenoxy) is 1. The molecule has 0 spiro atoms. The van der Waals surface area contributed by atoms with E-state index in [9.17, 15) is 14.4 Å². The largest absolute Gasteiger partial charge is 0.462 e. The second kappa shape index (κ2) is 7.27. The smallest absolute Gasteiger partial charge is 0.310 e. The first-order chi connectivity index (χ1) is 14.5. The zero-order chi connectivity index (χ0) is 20.8. The van der Waals surface area contributed by atoms with Gasteiger partial charge in [-0.15, -0.1) is 0 Å². The Hall–Kier alpha value is -3.15. The molecular formula is C24H24N2O4. The number of nitrogens with one attached hydrogen (secondary N) is 2. The minimum atomic E-state index is -0.310. The van der Waals surface area contributed by atoms with Crippen molar-refractivity contribution in [2.24, 2.45) is 23.7 Å². The summed E-state index contributed by atoms with van der Waals surface area (Å²) >= 11 is 0. The normalized spacial score (nSPS) is 28.3. The molecule has 2 bridgehead atoms. The molecule has 5 rings (SSSR count). The fourth-order valence-corrected chi connectivity index (χ4v) is 5.44. The molecule has 6 heteroatoms. The van der Waals surface area contributed by atoms with Crippen molar-refractivity contribution < 1.29 is 19.1 Å². The van der Waals surface area contributed by atoms with Crippen molar-refractivity contribution in [2.45, 2.75) is 32.3 Å². The van der Waals surface area contributed by atoms with E-state index in [0.717, 1.165) is 30.5 Å². The van der Waals surface area contributed by atoms with Crippen molar-refractivity contribution in [1.29, 1.82) is 0 Å². The van der Waals surface area contributed by atoms with E-state index in [1.165, 1.54) is 0 Å². The number of benzene rings is 2. The zero-order valence-corrected chi connectivity index (χ0v) is 16.8. The summed E-state index contributed by atoms with van der Waals surface area (Å²) < 4.78 is 5.41. The number of hydrogen-bond donors (Lipinski definition) is 2. The van der Waals surface area contributed by atoms with E-state index in [0.29, 0.717) is 11.3 Å². The van der Waals surface area contributed by atoms with E-state index in [1.54, 1.807) is 24.3 Å². The molecule has 6 nitrogen and oxygen atoms in total.